The normalized spacial score (nSPS) is 17.2. The van der Waals surface area contributed by atoms with E-state index in [1.807, 2.05) is 23.4 Å². The van der Waals surface area contributed by atoms with Crippen molar-refractivity contribution in [1.29, 1.82) is 0 Å². The summed E-state index contributed by atoms with van der Waals surface area (Å²) in [6, 6.07) is 8.67. The van der Waals surface area contributed by atoms with Crippen LogP contribution in [0.25, 0.3) is 11.2 Å². The molecule has 7 heteroatoms. The molecule has 2 fully saturated rings. The second kappa shape index (κ2) is 6.09. The average molecular weight is 348 g/mol. The van der Waals surface area contributed by atoms with Crippen molar-refractivity contribution in [3.63, 3.8) is 0 Å². The van der Waals surface area contributed by atoms with Crippen molar-refractivity contribution >= 4 is 28.6 Å². The Labute approximate surface area is 151 Å². The second-order valence-corrected chi connectivity index (χ2v) is 6.95. The third kappa shape index (κ3) is 2.69. The number of aromatic nitrogens is 4. The van der Waals surface area contributed by atoms with Crippen molar-refractivity contribution in [3.8, 4) is 0 Å². The van der Waals surface area contributed by atoms with E-state index in [0.29, 0.717) is 19.0 Å². The molecular weight excluding hydrogens is 328 g/mol. The van der Waals surface area contributed by atoms with Crippen molar-refractivity contribution in [3.05, 3.63) is 42.5 Å². The molecule has 0 atom stereocenters. The molecule has 1 aliphatic carbocycles. The van der Waals surface area contributed by atoms with E-state index in [4.69, 9.17) is 0 Å². The van der Waals surface area contributed by atoms with Crippen LogP contribution in [0.4, 0.5) is 11.5 Å². The number of carbonyl (C=O) groups is 1. The molecule has 1 amide bonds. The summed E-state index contributed by atoms with van der Waals surface area (Å²) in [7, 11) is 0. The number of benzene rings is 1. The molecule has 5 rings (SSSR count). The molecule has 1 aromatic carbocycles. The number of carbonyl (C=O) groups excluding carboxylic acids is 1. The first kappa shape index (κ1) is 15.3. The molecule has 26 heavy (non-hydrogen) atoms. The Bertz CT molecular complexity index is 960. The van der Waals surface area contributed by atoms with Gasteiger partial charge in [-0.3, -0.25) is 4.79 Å². The predicted octanol–water partition coefficient (Wildman–Crippen LogP) is 2.90. The minimum Gasteiger partial charge on any atom is -0.364 e. The van der Waals surface area contributed by atoms with Gasteiger partial charge >= 0.3 is 0 Å². The summed E-state index contributed by atoms with van der Waals surface area (Å²) in [6.45, 7) is 1.47. The standard InChI is InChI=1S/C19H20N6O/c26-16-2-1-9-24(16)14-5-3-13(4-6-14)10-20-18-17-19(22-11-21-18)25(12-23-17)15-7-8-15/h3-6,11-12,15H,1-2,7-10H2,(H,20,21,22). The Morgan fingerprint density at radius 2 is 1.96 bits per heavy atom. The molecule has 1 aliphatic heterocycles. The summed E-state index contributed by atoms with van der Waals surface area (Å²) in [5.41, 5.74) is 3.82. The lowest BCUT2D eigenvalue weighted by Crippen LogP contribution is -2.23. The fourth-order valence-electron chi connectivity index (χ4n) is 3.50. The number of rotatable bonds is 5. The SMILES string of the molecule is O=C1CCCN1c1ccc(CNc2ncnc3c2ncn3C2CC2)cc1. The molecule has 1 saturated carbocycles. The molecule has 1 saturated heterocycles. The van der Waals surface area contributed by atoms with Gasteiger partial charge in [0.25, 0.3) is 0 Å². The number of nitrogens with one attached hydrogen (secondary N) is 1. The van der Waals surface area contributed by atoms with E-state index in [1.165, 1.54) is 12.8 Å². The Kier molecular flexibility index (Phi) is 3.58. The van der Waals surface area contributed by atoms with E-state index >= 15 is 0 Å². The van der Waals surface area contributed by atoms with Crippen LogP contribution in [-0.2, 0) is 11.3 Å². The number of hydrogen-bond donors (Lipinski definition) is 1. The zero-order chi connectivity index (χ0) is 17.5. The Hall–Kier alpha value is -2.96. The lowest BCUT2D eigenvalue weighted by atomic mass is 10.2. The average Bonchev–Trinajstić information content (AvgIpc) is 3.27. The molecule has 132 valence electrons. The monoisotopic (exact) mass is 348 g/mol. The molecule has 2 aliphatic rings. The highest BCUT2D eigenvalue weighted by Gasteiger charge is 2.26. The van der Waals surface area contributed by atoms with Gasteiger partial charge in [-0.1, -0.05) is 12.1 Å². The Morgan fingerprint density at radius 1 is 1.12 bits per heavy atom. The summed E-state index contributed by atoms with van der Waals surface area (Å²) >= 11 is 0. The number of imidazole rings is 1. The first-order valence-electron chi connectivity index (χ1n) is 9.10. The topological polar surface area (TPSA) is 75.9 Å². The van der Waals surface area contributed by atoms with Crippen LogP contribution in [0.5, 0.6) is 0 Å². The summed E-state index contributed by atoms with van der Waals surface area (Å²) in [4.78, 5) is 26.9. The molecule has 3 aromatic rings. The molecule has 0 spiro atoms. The molecule has 3 heterocycles. The van der Waals surface area contributed by atoms with Crippen LogP contribution in [0.2, 0.25) is 0 Å². The van der Waals surface area contributed by atoms with Crippen LogP contribution in [0, 0.1) is 0 Å². The van der Waals surface area contributed by atoms with E-state index in [2.05, 4.69) is 37.0 Å². The van der Waals surface area contributed by atoms with Crippen LogP contribution in [0.1, 0.15) is 37.3 Å². The Morgan fingerprint density at radius 3 is 2.69 bits per heavy atom. The minimum atomic E-state index is 0.213. The lowest BCUT2D eigenvalue weighted by Gasteiger charge is -2.16. The highest BCUT2D eigenvalue weighted by molar-refractivity contribution is 5.95. The van der Waals surface area contributed by atoms with E-state index < -0.39 is 0 Å². The van der Waals surface area contributed by atoms with Gasteiger partial charge in [0.2, 0.25) is 5.91 Å². The smallest absolute Gasteiger partial charge is 0.227 e. The van der Waals surface area contributed by atoms with E-state index in [0.717, 1.165) is 41.2 Å². The molecule has 0 radical (unpaired) electrons. The van der Waals surface area contributed by atoms with Crippen LogP contribution < -0.4 is 10.2 Å². The van der Waals surface area contributed by atoms with Gasteiger partial charge in [-0.25, -0.2) is 15.0 Å². The van der Waals surface area contributed by atoms with E-state index in [1.54, 1.807) is 6.33 Å². The lowest BCUT2D eigenvalue weighted by molar-refractivity contribution is -0.117. The molecule has 1 N–H and O–H groups in total. The minimum absolute atomic E-state index is 0.213. The van der Waals surface area contributed by atoms with Gasteiger partial charge in [-0.15, -0.1) is 0 Å². The number of anilines is 2. The molecule has 2 aromatic heterocycles. The zero-order valence-corrected chi connectivity index (χ0v) is 14.4. The maximum Gasteiger partial charge on any atom is 0.227 e. The maximum atomic E-state index is 11.8. The summed E-state index contributed by atoms with van der Waals surface area (Å²) in [5, 5.41) is 3.37. The van der Waals surface area contributed by atoms with Crippen LogP contribution in [0.3, 0.4) is 0 Å². The zero-order valence-electron chi connectivity index (χ0n) is 14.4. The first-order chi connectivity index (χ1) is 12.8. The van der Waals surface area contributed by atoms with Crippen LogP contribution in [0.15, 0.2) is 36.9 Å². The van der Waals surface area contributed by atoms with Crippen molar-refractivity contribution in [1.82, 2.24) is 19.5 Å². The number of amides is 1. The van der Waals surface area contributed by atoms with Gasteiger partial charge in [0.15, 0.2) is 11.5 Å². The Balaban J connectivity index is 1.32. The van der Waals surface area contributed by atoms with Gasteiger partial charge in [0, 0.05) is 31.2 Å². The van der Waals surface area contributed by atoms with E-state index in [9.17, 15) is 4.79 Å². The van der Waals surface area contributed by atoms with Crippen molar-refractivity contribution < 1.29 is 4.79 Å². The first-order valence-corrected chi connectivity index (χ1v) is 9.10. The van der Waals surface area contributed by atoms with Crippen molar-refractivity contribution in [2.24, 2.45) is 0 Å². The summed E-state index contributed by atoms with van der Waals surface area (Å²) < 4.78 is 2.14. The predicted molar refractivity (Wildman–Crippen MR) is 98.9 cm³/mol. The van der Waals surface area contributed by atoms with Gasteiger partial charge < -0.3 is 14.8 Å². The number of fused-ring (bicyclic) bond motifs is 1. The van der Waals surface area contributed by atoms with E-state index in [-0.39, 0.29) is 5.91 Å². The molecular formula is C19H20N6O. The highest BCUT2D eigenvalue weighted by Crippen LogP contribution is 2.37. The third-order valence-corrected chi connectivity index (χ3v) is 5.08. The highest BCUT2D eigenvalue weighted by atomic mass is 16.2. The van der Waals surface area contributed by atoms with Gasteiger partial charge in [0.1, 0.15) is 11.8 Å². The van der Waals surface area contributed by atoms with Crippen LogP contribution >= 0.6 is 0 Å². The number of nitrogens with zero attached hydrogens (tertiary/aromatic N) is 5. The third-order valence-electron chi connectivity index (χ3n) is 5.08. The number of hydrogen-bond acceptors (Lipinski definition) is 5. The van der Waals surface area contributed by atoms with Gasteiger partial charge in [-0.05, 0) is 37.0 Å². The largest absolute Gasteiger partial charge is 0.364 e. The van der Waals surface area contributed by atoms with Crippen molar-refractivity contribution in [2.75, 3.05) is 16.8 Å². The summed E-state index contributed by atoms with van der Waals surface area (Å²) in [5.74, 6) is 0.971. The molecule has 0 unspecified atom stereocenters. The van der Waals surface area contributed by atoms with Gasteiger partial charge in [0.05, 0.1) is 6.33 Å². The fourth-order valence-corrected chi connectivity index (χ4v) is 3.50. The molecule has 7 nitrogen and oxygen atoms in total. The van der Waals surface area contributed by atoms with Gasteiger partial charge in [-0.2, -0.15) is 0 Å². The van der Waals surface area contributed by atoms with Crippen molar-refractivity contribution in [2.45, 2.75) is 38.3 Å². The quantitative estimate of drug-likeness (QED) is 0.767. The second-order valence-electron chi connectivity index (χ2n) is 6.95. The summed E-state index contributed by atoms with van der Waals surface area (Å²) in [6.07, 6.45) is 7.45. The maximum absolute atomic E-state index is 11.8. The fraction of sp³-hybridized carbons (Fsp3) is 0.368. The molecule has 0 bridgehead atoms. The van der Waals surface area contributed by atoms with Crippen LogP contribution in [-0.4, -0.2) is 32.0 Å².